The molecule has 2 atom stereocenters. The molecule has 3 rings (SSSR count). The molecule has 0 radical (unpaired) electrons. The predicted octanol–water partition coefficient (Wildman–Crippen LogP) is 3.95. The number of benzene rings is 2. The Morgan fingerprint density at radius 1 is 1.06 bits per heavy atom. The first kappa shape index (κ1) is 27.6. The topological polar surface area (TPSA) is 130 Å². The third-order valence-corrected chi connectivity index (χ3v) is 6.89. The van der Waals surface area contributed by atoms with Gasteiger partial charge in [0.1, 0.15) is 11.2 Å². The van der Waals surface area contributed by atoms with E-state index in [1.54, 1.807) is 0 Å². The van der Waals surface area contributed by atoms with Crippen LogP contribution in [0.2, 0.25) is 0 Å². The molecule has 0 unspecified atom stereocenters. The quantitative estimate of drug-likeness (QED) is 0.503. The molecule has 1 aliphatic rings. The van der Waals surface area contributed by atoms with Gasteiger partial charge in [0.2, 0.25) is 15.9 Å². The van der Waals surface area contributed by atoms with Crippen LogP contribution in [-0.4, -0.2) is 42.7 Å². The van der Waals surface area contributed by atoms with E-state index in [9.17, 15) is 36.0 Å². The summed E-state index contributed by atoms with van der Waals surface area (Å²) in [5.74, 6) is -1.15. The molecule has 1 aliphatic carbocycles. The highest BCUT2D eigenvalue weighted by Crippen LogP contribution is 2.50. The molecule has 0 aliphatic heterocycles. The molecule has 0 heterocycles. The van der Waals surface area contributed by atoms with Crippen molar-refractivity contribution in [1.29, 1.82) is 5.26 Å². The van der Waals surface area contributed by atoms with E-state index in [0.717, 1.165) is 13.8 Å². The zero-order chi connectivity index (χ0) is 27.1. The molecule has 2 aromatic carbocycles. The number of nitrogens with two attached hydrogens (primary N) is 2. The fourth-order valence-corrected chi connectivity index (χ4v) is 4.59. The molecular formula is C24H26F4N4O3S. The SMILES string of the molecule is CC(C)(F)C[C@H](N)C(=O)N([C@@H](c1ccc(-c2ccc(S(N)(=O)=O)cc2)cc1)C(F)(F)F)C1(C#N)CC1. The zero-order valence-corrected chi connectivity index (χ0v) is 20.4. The van der Waals surface area contributed by atoms with Crippen LogP contribution in [0.4, 0.5) is 17.6 Å². The average Bonchev–Trinajstić information content (AvgIpc) is 3.55. The minimum Gasteiger partial charge on any atom is -0.320 e. The van der Waals surface area contributed by atoms with Crippen molar-refractivity contribution in [2.24, 2.45) is 10.9 Å². The van der Waals surface area contributed by atoms with Gasteiger partial charge in [0, 0.05) is 6.42 Å². The lowest BCUT2D eigenvalue weighted by Crippen LogP contribution is -2.55. The number of nitriles is 1. The molecule has 1 amide bonds. The number of alkyl halides is 4. The number of hydrogen-bond donors (Lipinski definition) is 2. The molecule has 2 aromatic rings. The van der Waals surface area contributed by atoms with Crippen LogP contribution in [0.3, 0.4) is 0 Å². The van der Waals surface area contributed by atoms with E-state index < -0.39 is 51.8 Å². The summed E-state index contributed by atoms with van der Waals surface area (Å²) < 4.78 is 80.2. The van der Waals surface area contributed by atoms with Crippen molar-refractivity contribution < 1.29 is 30.8 Å². The number of rotatable bonds is 8. The highest BCUT2D eigenvalue weighted by molar-refractivity contribution is 7.89. The van der Waals surface area contributed by atoms with Crippen molar-refractivity contribution >= 4 is 15.9 Å². The van der Waals surface area contributed by atoms with Gasteiger partial charge in [0.05, 0.1) is 17.0 Å². The van der Waals surface area contributed by atoms with Crippen molar-refractivity contribution in [1.82, 2.24) is 4.90 Å². The minimum absolute atomic E-state index is 0.0437. The highest BCUT2D eigenvalue weighted by Gasteiger charge is 2.60. The van der Waals surface area contributed by atoms with Gasteiger partial charge in [0.15, 0.2) is 6.04 Å². The van der Waals surface area contributed by atoms with E-state index in [2.05, 4.69) is 0 Å². The van der Waals surface area contributed by atoms with Gasteiger partial charge in [0.25, 0.3) is 0 Å². The van der Waals surface area contributed by atoms with Crippen LogP contribution in [0.15, 0.2) is 53.4 Å². The van der Waals surface area contributed by atoms with Crippen LogP contribution < -0.4 is 10.9 Å². The van der Waals surface area contributed by atoms with Gasteiger partial charge in [-0.25, -0.2) is 17.9 Å². The number of nitrogens with zero attached hydrogens (tertiary/aromatic N) is 2. The second-order valence-corrected chi connectivity index (χ2v) is 11.1. The molecule has 1 fully saturated rings. The summed E-state index contributed by atoms with van der Waals surface area (Å²) >= 11 is 0. The normalized spacial score (nSPS) is 17.1. The smallest absolute Gasteiger partial charge is 0.320 e. The summed E-state index contributed by atoms with van der Waals surface area (Å²) in [5, 5.41) is 14.7. The van der Waals surface area contributed by atoms with Crippen molar-refractivity contribution in [2.45, 2.75) is 67.5 Å². The Morgan fingerprint density at radius 3 is 1.89 bits per heavy atom. The number of carbonyl (C=O) groups is 1. The predicted molar refractivity (Wildman–Crippen MR) is 124 cm³/mol. The molecule has 194 valence electrons. The Kier molecular flexibility index (Phi) is 7.25. The molecule has 0 saturated heterocycles. The molecule has 1 saturated carbocycles. The Balaban J connectivity index is 2.01. The van der Waals surface area contributed by atoms with Crippen molar-refractivity contribution in [3.63, 3.8) is 0 Å². The Hall–Kier alpha value is -3.01. The molecule has 0 bridgehead atoms. The highest BCUT2D eigenvalue weighted by atomic mass is 32.2. The molecule has 7 nitrogen and oxygen atoms in total. The number of primary sulfonamides is 1. The largest absolute Gasteiger partial charge is 0.413 e. The van der Waals surface area contributed by atoms with E-state index in [0.29, 0.717) is 16.0 Å². The first-order valence-corrected chi connectivity index (χ1v) is 12.5. The van der Waals surface area contributed by atoms with Crippen LogP contribution in [0, 0.1) is 11.3 Å². The number of carbonyl (C=O) groups excluding carboxylic acids is 1. The average molecular weight is 527 g/mol. The Labute approximate surface area is 206 Å². The van der Waals surface area contributed by atoms with E-state index in [4.69, 9.17) is 10.9 Å². The van der Waals surface area contributed by atoms with Gasteiger partial charge in [-0.05, 0) is 55.5 Å². The van der Waals surface area contributed by atoms with Gasteiger partial charge in [-0.1, -0.05) is 36.4 Å². The first-order valence-electron chi connectivity index (χ1n) is 11.0. The van der Waals surface area contributed by atoms with Gasteiger partial charge >= 0.3 is 6.18 Å². The summed E-state index contributed by atoms with van der Waals surface area (Å²) in [6, 6.07) is 8.38. The second-order valence-electron chi connectivity index (χ2n) is 9.52. The maximum atomic E-state index is 14.4. The fraction of sp³-hybridized carbons (Fsp3) is 0.417. The molecule has 36 heavy (non-hydrogen) atoms. The fourth-order valence-electron chi connectivity index (χ4n) is 4.08. The summed E-state index contributed by atoms with van der Waals surface area (Å²) in [6.45, 7) is 2.33. The molecule has 12 heteroatoms. The van der Waals surface area contributed by atoms with Crippen LogP contribution in [-0.2, 0) is 14.8 Å². The van der Waals surface area contributed by atoms with Crippen LogP contribution >= 0.6 is 0 Å². The third-order valence-electron chi connectivity index (χ3n) is 5.96. The Morgan fingerprint density at radius 2 is 1.53 bits per heavy atom. The molecular weight excluding hydrogens is 500 g/mol. The summed E-state index contributed by atoms with van der Waals surface area (Å²) in [6.07, 6.45) is -5.38. The van der Waals surface area contributed by atoms with Crippen molar-refractivity contribution in [2.75, 3.05) is 0 Å². The van der Waals surface area contributed by atoms with E-state index in [-0.39, 0.29) is 23.3 Å². The number of hydrogen-bond acceptors (Lipinski definition) is 5. The second kappa shape index (κ2) is 9.46. The third kappa shape index (κ3) is 6.03. The maximum absolute atomic E-state index is 14.4. The van der Waals surface area contributed by atoms with Gasteiger partial charge in [-0.15, -0.1) is 0 Å². The lowest BCUT2D eigenvalue weighted by molar-refractivity contribution is -0.198. The van der Waals surface area contributed by atoms with Crippen molar-refractivity contribution in [3.05, 3.63) is 54.1 Å². The summed E-state index contributed by atoms with van der Waals surface area (Å²) in [5.41, 5.74) is 2.94. The van der Waals surface area contributed by atoms with Gasteiger partial charge in [-0.2, -0.15) is 18.4 Å². The Bertz CT molecular complexity index is 1260. The maximum Gasteiger partial charge on any atom is 0.413 e. The summed E-state index contributed by atoms with van der Waals surface area (Å²) in [4.78, 5) is 13.5. The summed E-state index contributed by atoms with van der Waals surface area (Å²) in [7, 11) is -3.91. The van der Waals surface area contributed by atoms with E-state index in [1.165, 1.54) is 48.5 Å². The van der Waals surface area contributed by atoms with Crippen LogP contribution in [0.25, 0.3) is 11.1 Å². The van der Waals surface area contributed by atoms with Crippen LogP contribution in [0.1, 0.15) is 44.7 Å². The zero-order valence-electron chi connectivity index (χ0n) is 19.6. The monoisotopic (exact) mass is 526 g/mol. The van der Waals surface area contributed by atoms with Gasteiger partial charge in [-0.3, -0.25) is 4.79 Å². The van der Waals surface area contributed by atoms with E-state index >= 15 is 0 Å². The standard InChI is InChI=1S/C24H26F4N4O3S/c1-22(2,25)13-19(30)21(33)32(23(14-29)11-12-23)20(24(26,27)28)17-5-3-15(4-6-17)16-7-9-18(10-8-16)36(31,34)35/h3-10,19-20H,11-13,30H2,1-2H3,(H2,31,34,35)/t19-,20-/m0/s1. The first-order chi connectivity index (χ1) is 16.5. The minimum atomic E-state index is -4.95. The molecule has 0 spiro atoms. The number of halogens is 4. The number of amides is 1. The van der Waals surface area contributed by atoms with Gasteiger partial charge < -0.3 is 10.6 Å². The van der Waals surface area contributed by atoms with Crippen LogP contribution in [0.5, 0.6) is 0 Å². The molecule has 0 aromatic heterocycles. The van der Waals surface area contributed by atoms with Crippen molar-refractivity contribution in [3.8, 4) is 17.2 Å². The number of sulfonamides is 1. The lowest BCUT2D eigenvalue weighted by atomic mass is 9.95. The van der Waals surface area contributed by atoms with E-state index in [1.807, 2.05) is 6.07 Å². The molecule has 4 N–H and O–H groups in total. The lowest BCUT2D eigenvalue weighted by Gasteiger charge is -2.38.